The molecule has 3 aliphatic rings. The van der Waals surface area contributed by atoms with Gasteiger partial charge in [0.2, 0.25) is 0 Å². The highest BCUT2D eigenvalue weighted by molar-refractivity contribution is 9.18. The maximum absolute atomic E-state index is 5.58. The van der Waals surface area contributed by atoms with Gasteiger partial charge in [0.05, 0.1) is 0 Å². The first-order valence-corrected chi connectivity index (χ1v) is 5.72. The quantitative estimate of drug-likeness (QED) is 0.705. The Morgan fingerprint density at radius 3 is 2.62 bits per heavy atom. The van der Waals surface area contributed by atoms with Crippen molar-refractivity contribution >= 4 is 20.6 Å². The molecule has 72 valence electrons. The number of oxime groups is 1. The number of hydrogen-bond donors (Lipinski definition) is 1. The van der Waals surface area contributed by atoms with Crippen LogP contribution in [0.2, 0.25) is 0 Å². The smallest absolute Gasteiger partial charge is 0.146 e. The summed E-state index contributed by atoms with van der Waals surface area (Å²) >= 11 is 3.41. The normalized spacial score (nSPS) is 47.9. The molecule has 3 rings (SSSR count). The molecular formula is C9H13BrN2O. The molecule has 2 unspecified atom stereocenters. The lowest BCUT2D eigenvalue weighted by Gasteiger charge is -2.35. The Kier molecular flexibility index (Phi) is 1.71. The lowest BCUT2D eigenvalue weighted by atomic mass is 9.85. The molecule has 0 amide bonds. The SMILES string of the molecule is BrC1=NOC2(C1)CC1CCC(C2)N1. The van der Waals surface area contributed by atoms with Crippen LogP contribution in [0.3, 0.4) is 0 Å². The molecule has 3 nitrogen and oxygen atoms in total. The molecule has 13 heavy (non-hydrogen) atoms. The molecule has 3 aliphatic heterocycles. The maximum Gasteiger partial charge on any atom is 0.146 e. The third-order valence-corrected chi connectivity index (χ3v) is 3.80. The summed E-state index contributed by atoms with van der Waals surface area (Å²) in [6, 6.07) is 1.35. The Bertz CT molecular complexity index is 254. The van der Waals surface area contributed by atoms with Gasteiger partial charge in [-0.15, -0.1) is 0 Å². The van der Waals surface area contributed by atoms with Crippen molar-refractivity contribution in [3.05, 3.63) is 0 Å². The summed E-state index contributed by atoms with van der Waals surface area (Å²) in [7, 11) is 0. The van der Waals surface area contributed by atoms with Crippen LogP contribution in [0.1, 0.15) is 32.1 Å². The third kappa shape index (κ3) is 1.31. The summed E-state index contributed by atoms with van der Waals surface area (Å²) < 4.78 is 0.980. The summed E-state index contributed by atoms with van der Waals surface area (Å²) in [5.74, 6) is 0. The first-order valence-electron chi connectivity index (χ1n) is 4.92. The van der Waals surface area contributed by atoms with Gasteiger partial charge in [-0.2, -0.15) is 0 Å². The lowest BCUT2D eigenvalue weighted by Crippen LogP contribution is -2.48. The summed E-state index contributed by atoms with van der Waals surface area (Å²) in [5, 5.41) is 7.63. The van der Waals surface area contributed by atoms with Gasteiger partial charge in [0.25, 0.3) is 0 Å². The van der Waals surface area contributed by atoms with Gasteiger partial charge in [-0.05, 0) is 28.8 Å². The summed E-state index contributed by atoms with van der Waals surface area (Å²) in [4.78, 5) is 5.58. The Balaban J connectivity index is 1.79. The molecule has 2 atom stereocenters. The van der Waals surface area contributed by atoms with E-state index in [0.717, 1.165) is 23.9 Å². The predicted molar refractivity (Wildman–Crippen MR) is 54.0 cm³/mol. The molecule has 0 saturated carbocycles. The van der Waals surface area contributed by atoms with Crippen molar-refractivity contribution in [3.8, 4) is 0 Å². The molecule has 0 aromatic rings. The van der Waals surface area contributed by atoms with Crippen LogP contribution in [0.4, 0.5) is 0 Å². The second-order valence-electron chi connectivity index (χ2n) is 4.46. The Morgan fingerprint density at radius 1 is 1.38 bits per heavy atom. The van der Waals surface area contributed by atoms with Gasteiger partial charge in [0.15, 0.2) is 0 Å². The molecule has 0 radical (unpaired) electrons. The number of piperidine rings is 1. The summed E-state index contributed by atoms with van der Waals surface area (Å²) in [6.45, 7) is 0. The zero-order valence-electron chi connectivity index (χ0n) is 7.42. The predicted octanol–water partition coefficient (Wildman–Crippen LogP) is 1.77. The molecule has 2 bridgehead atoms. The van der Waals surface area contributed by atoms with Crippen LogP contribution in [-0.4, -0.2) is 22.3 Å². The third-order valence-electron chi connectivity index (χ3n) is 3.38. The Morgan fingerprint density at radius 2 is 2.08 bits per heavy atom. The van der Waals surface area contributed by atoms with E-state index in [4.69, 9.17) is 4.84 Å². The van der Waals surface area contributed by atoms with E-state index in [2.05, 4.69) is 26.4 Å². The maximum atomic E-state index is 5.58. The van der Waals surface area contributed by atoms with E-state index in [0.29, 0.717) is 12.1 Å². The number of hydrogen-bond acceptors (Lipinski definition) is 3. The standard InChI is InChI=1S/C9H13BrN2O/c10-8-5-9(13-12-8)3-6-1-2-7(4-9)11-6/h6-7,11H,1-5H2. The van der Waals surface area contributed by atoms with E-state index >= 15 is 0 Å². The van der Waals surface area contributed by atoms with Crippen LogP contribution >= 0.6 is 15.9 Å². The van der Waals surface area contributed by atoms with Crippen molar-refractivity contribution in [2.75, 3.05) is 0 Å². The molecule has 1 spiro atoms. The van der Waals surface area contributed by atoms with E-state index < -0.39 is 0 Å². The highest BCUT2D eigenvalue weighted by Gasteiger charge is 2.48. The van der Waals surface area contributed by atoms with E-state index in [9.17, 15) is 0 Å². The van der Waals surface area contributed by atoms with Crippen molar-refractivity contribution in [3.63, 3.8) is 0 Å². The second-order valence-corrected chi connectivity index (χ2v) is 5.38. The highest BCUT2D eigenvalue weighted by atomic mass is 79.9. The van der Waals surface area contributed by atoms with Crippen molar-refractivity contribution in [1.82, 2.24) is 5.32 Å². The number of halogens is 1. The molecule has 0 aliphatic carbocycles. The largest absolute Gasteiger partial charge is 0.388 e. The van der Waals surface area contributed by atoms with Gasteiger partial charge in [-0.1, -0.05) is 5.16 Å². The van der Waals surface area contributed by atoms with E-state index in [1.807, 2.05) is 0 Å². The van der Waals surface area contributed by atoms with Crippen LogP contribution in [-0.2, 0) is 4.84 Å². The van der Waals surface area contributed by atoms with Crippen molar-refractivity contribution in [1.29, 1.82) is 0 Å². The minimum Gasteiger partial charge on any atom is -0.388 e. The average molecular weight is 245 g/mol. The van der Waals surface area contributed by atoms with Gasteiger partial charge in [0, 0.05) is 31.3 Å². The minimum atomic E-state index is 0.0376. The molecule has 4 heteroatoms. The molecule has 1 N–H and O–H groups in total. The van der Waals surface area contributed by atoms with Crippen molar-refractivity contribution < 1.29 is 4.84 Å². The lowest BCUT2D eigenvalue weighted by molar-refractivity contribution is -0.0524. The fourth-order valence-corrected chi connectivity index (χ4v) is 3.48. The first kappa shape index (κ1) is 8.24. The minimum absolute atomic E-state index is 0.0376. The van der Waals surface area contributed by atoms with Crippen molar-refractivity contribution in [2.24, 2.45) is 5.16 Å². The Labute approximate surface area is 86.0 Å². The van der Waals surface area contributed by atoms with Crippen LogP contribution in [0, 0.1) is 0 Å². The fraction of sp³-hybridized carbons (Fsp3) is 0.889. The van der Waals surface area contributed by atoms with Crippen LogP contribution in [0.15, 0.2) is 5.16 Å². The monoisotopic (exact) mass is 244 g/mol. The highest BCUT2D eigenvalue weighted by Crippen LogP contribution is 2.42. The van der Waals surface area contributed by atoms with Gasteiger partial charge < -0.3 is 10.2 Å². The molecule has 0 aromatic heterocycles. The molecular weight excluding hydrogens is 232 g/mol. The van der Waals surface area contributed by atoms with Gasteiger partial charge >= 0.3 is 0 Å². The number of nitrogens with zero attached hydrogens (tertiary/aromatic N) is 1. The summed E-state index contributed by atoms with van der Waals surface area (Å²) in [5.41, 5.74) is 0.0376. The van der Waals surface area contributed by atoms with Crippen LogP contribution < -0.4 is 5.32 Å². The molecule has 3 heterocycles. The van der Waals surface area contributed by atoms with E-state index in [1.165, 1.54) is 12.8 Å². The van der Waals surface area contributed by atoms with Crippen molar-refractivity contribution in [2.45, 2.75) is 49.8 Å². The van der Waals surface area contributed by atoms with E-state index in [-0.39, 0.29) is 5.60 Å². The zero-order valence-corrected chi connectivity index (χ0v) is 9.01. The van der Waals surface area contributed by atoms with Crippen LogP contribution in [0.5, 0.6) is 0 Å². The number of nitrogens with one attached hydrogen (secondary N) is 1. The molecule has 0 aromatic carbocycles. The fourth-order valence-electron chi connectivity index (χ4n) is 2.90. The van der Waals surface area contributed by atoms with Gasteiger partial charge in [0.1, 0.15) is 10.2 Å². The van der Waals surface area contributed by atoms with Gasteiger partial charge in [-0.3, -0.25) is 0 Å². The van der Waals surface area contributed by atoms with Crippen LogP contribution in [0.25, 0.3) is 0 Å². The average Bonchev–Trinajstić information content (AvgIpc) is 2.58. The van der Waals surface area contributed by atoms with Gasteiger partial charge in [-0.25, -0.2) is 0 Å². The molecule has 2 saturated heterocycles. The number of rotatable bonds is 0. The summed E-state index contributed by atoms with van der Waals surface area (Å²) in [6.07, 6.45) is 5.85. The Hall–Kier alpha value is -0.0900. The second kappa shape index (κ2) is 2.70. The number of fused-ring (bicyclic) bond motifs is 2. The topological polar surface area (TPSA) is 33.6 Å². The van der Waals surface area contributed by atoms with E-state index in [1.54, 1.807) is 0 Å². The zero-order chi connectivity index (χ0) is 8.89. The molecule has 2 fully saturated rings. The first-order chi connectivity index (χ1) is 6.26.